The molecule has 6 heteroatoms. The van der Waals surface area contributed by atoms with Gasteiger partial charge in [0.05, 0.1) is 10.1 Å². The van der Waals surface area contributed by atoms with Gasteiger partial charge in [-0.2, -0.15) is 5.26 Å². The van der Waals surface area contributed by atoms with Crippen molar-refractivity contribution in [1.29, 1.82) is 5.26 Å². The highest BCUT2D eigenvalue weighted by Gasteiger charge is 2.10. The molecular weight excluding hydrogens is 273 g/mol. The number of thioether (sulfide) groups is 2. The number of thiocyanates is 1. The van der Waals surface area contributed by atoms with Crippen LogP contribution < -0.4 is 0 Å². The van der Waals surface area contributed by atoms with E-state index in [9.17, 15) is 4.79 Å². The Morgan fingerprint density at radius 2 is 2.20 bits per heavy atom. The number of halogens is 2. The van der Waals surface area contributed by atoms with Crippen molar-refractivity contribution < 1.29 is 4.79 Å². The van der Waals surface area contributed by atoms with Gasteiger partial charge < -0.3 is 0 Å². The summed E-state index contributed by atoms with van der Waals surface area (Å²) in [5.74, 6) is 0. The molecule has 0 N–H and O–H groups in total. The van der Waals surface area contributed by atoms with Crippen LogP contribution in [0.5, 0.6) is 0 Å². The Kier molecular flexibility index (Phi) is 5.34. The van der Waals surface area contributed by atoms with Gasteiger partial charge >= 0.3 is 0 Å². The minimum absolute atomic E-state index is 0.153. The molecule has 0 heterocycles. The molecule has 0 spiro atoms. The standard InChI is InChI=1S/C9H5Cl2NOS2/c10-6-1-2-7(8(11)3-6)9(13)15-5-14-4-12/h1-3H,5H2. The van der Waals surface area contributed by atoms with Crippen LogP contribution in [0, 0.1) is 10.7 Å². The Hall–Kier alpha value is -0.340. The average Bonchev–Trinajstić information content (AvgIpc) is 2.17. The van der Waals surface area contributed by atoms with Gasteiger partial charge in [-0.05, 0) is 30.0 Å². The zero-order chi connectivity index (χ0) is 11.3. The molecule has 0 aliphatic rings. The van der Waals surface area contributed by atoms with E-state index in [1.807, 2.05) is 5.40 Å². The van der Waals surface area contributed by atoms with Crippen LogP contribution in [-0.4, -0.2) is 10.2 Å². The molecule has 1 rings (SSSR count). The topological polar surface area (TPSA) is 40.9 Å². The molecule has 1 aromatic rings. The highest BCUT2D eigenvalue weighted by Crippen LogP contribution is 2.25. The Bertz CT molecular complexity index is 417. The maximum Gasteiger partial charge on any atom is 0.221 e. The first-order valence-corrected chi connectivity index (χ1v) is 6.51. The summed E-state index contributed by atoms with van der Waals surface area (Å²) in [7, 11) is 0. The van der Waals surface area contributed by atoms with E-state index in [4.69, 9.17) is 28.5 Å². The second-order valence-corrected chi connectivity index (χ2v) is 5.33. The summed E-state index contributed by atoms with van der Waals surface area (Å²) >= 11 is 13.6. The molecule has 0 unspecified atom stereocenters. The summed E-state index contributed by atoms with van der Waals surface area (Å²) in [4.78, 5) is 11.6. The van der Waals surface area contributed by atoms with Crippen LogP contribution in [0.1, 0.15) is 10.4 Å². The van der Waals surface area contributed by atoms with E-state index in [0.29, 0.717) is 20.7 Å². The fraction of sp³-hybridized carbons (Fsp3) is 0.111. The molecule has 0 fully saturated rings. The quantitative estimate of drug-likeness (QED) is 0.475. The van der Waals surface area contributed by atoms with Gasteiger partial charge in [0.25, 0.3) is 0 Å². The van der Waals surface area contributed by atoms with Crippen molar-refractivity contribution in [2.45, 2.75) is 0 Å². The summed E-state index contributed by atoms with van der Waals surface area (Å²) in [6.45, 7) is 0. The van der Waals surface area contributed by atoms with Gasteiger partial charge in [0.1, 0.15) is 5.40 Å². The van der Waals surface area contributed by atoms with Crippen molar-refractivity contribution in [3.05, 3.63) is 33.8 Å². The van der Waals surface area contributed by atoms with Crippen LogP contribution in [0.15, 0.2) is 18.2 Å². The molecule has 0 saturated heterocycles. The number of benzene rings is 1. The highest BCUT2D eigenvalue weighted by atomic mass is 35.5. The number of hydrogen-bond acceptors (Lipinski definition) is 4. The summed E-state index contributed by atoms with van der Waals surface area (Å²) in [5, 5.41) is 11.2. The van der Waals surface area contributed by atoms with E-state index in [-0.39, 0.29) is 5.12 Å². The molecule has 0 amide bonds. The van der Waals surface area contributed by atoms with Gasteiger partial charge in [0.15, 0.2) is 0 Å². The first kappa shape index (κ1) is 12.7. The Morgan fingerprint density at radius 3 is 2.80 bits per heavy atom. The number of carbonyl (C=O) groups is 1. The van der Waals surface area contributed by atoms with Crippen molar-refractivity contribution >= 4 is 51.8 Å². The lowest BCUT2D eigenvalue weighted by atomic mass is 10.2. The second-order valence-electron chi connectivity index (χ2n) is 2.41. The van der Waals surface area contributed by atoms with E-state index >= 15 is 0 Å². The molecule has 78 valence electrons. The molecule has 0 aromatic heterocycles. The van der Waals surface area contributed by atoms with E-state index < -0.39 is 0 Å². The number of nitrogens with zero attached hydrogens (tertiary/aromatic N) is 1. The predicted molar refractivity (Wildman–Crippen MR) is 66.5 cm³/mol. The molecule has 0 aliphatic carbocycles. The molecule has 0 radical (unpaired) electrons. The third-order valence-corrected chi connectivity index (χ3v) is 3.57. The van der Waals surface area contributed by atoms with Gasteiger partial charge in [0, 0.05) is 10.6 Å². The Labute approximate surface area is 106 Å². The highest BCUT2D eigenvalue weighted by molar-refractivity contribution is 8.25. The Balaban J connectivity index is 2.70. The first-order valence-electron chi connectivity index (χ1n) is 3.78. The molecule has 2 nitrogen and oxygen atoms in total. The van der Waals surface area contributed by atoms with Crippen molar-refractivity contribution in [3.8, 4) is 5.40 Å². The zero-order valence-electron chi connectivity index (χ0n) is 7.37. The maximum atomic E-state index is 11.6. The molecule has 1 aromatic carbocycles. The predicted octanol–water partition coefficient (Wildman–Crippen LogP) is 4.04. The lowest BCUT2D eigenvalue weighted by Crippen LogP contribution is -1.94. The third-order valence-electron chi connectivity index (χ3n) is 1.46. The van der Waals surface area contributed by atoms with Crippen molar-refractivity contribution in [2.75, 3.05) is 5.08 Å². The maximum absolute atomic E-state index is 11.6. The van der Waals surface area contributed by atoms with Crippen molar-refractivity contribution in [2.24, 2.45) is 0 Å². The summed E-state index contributed by atoms with van der Waals surface area (Å²) < 4.78 is 0. The normalized spacial score (nSPS) is 9.67. The van der Waals surface area contributed by atoms with E-state index in [0.717, 1.165) is 23.5 Å². The Morgan fingerprint density at radius 1 is 1.47 bits per heavy atom. The van der Waals surface area contributed by atoms with Gasteiger partial charge in [-0.15, -0.1) is 0 Å². The fourth-order valence-electron chi connectivity index (χ4n) is 0.842. The van der Waals surface area contributed by atoms with Gasteiger partial charge in [-0.25, -0.2) is 0 Å². The molecular formula is C9H5Cl2NOS2. The van der Waals surface area contributed by atoms with Gasteiger partial charge in [-0.3, -0.25) is 4.79 Å². The number of rotatable bonds is 3. The number of hydrogen-bond donors (Lipinski definition) is 0. The van der Waals surface area contributed by atoms with Crippen LogP contribution in [0.3, 0.4) is 0 Å². The molecule has 15 heavy (non-hydrogen) atoms. The lowest BCUT2D eigenvalue weighted by molar-refractivity contribution is 0.108. The summed E-state index contributed by atoms with van der Waals surface area (Å²) in [6, 6.07) is 4.71. The monoisotopic (exact) mass is 277 g/mol. The summed E-state index contributed by atoms with van der Waals surface area (Å²) in [6.07, 6.45) is 0. The fourth-order valence-corrected chi connectivity index (χ4v) is 2.60. The largest absolute Gasteiger partial charge is 0.281 e. The first-order chi connectivity index (χ1) is 7.15. The lowest BCUT2D eigenvalue weighted by Gasteiger charge is -2.01. The van der Waals surface area contributed by atoms with Crippen LogP contribution in [-0.2, 0) is 0 Å². The van der Waals surface area contributed by atoms with Gasteiger partial charge in [0.2, 0.25) is 5.12 Å². The minimum atomic E-state index is -0.153. The zero-order valence-corrected chi connectivity index (χ0v) is 10.5. The van der Waals surface area contributed by atoms with Crippen LogP contribution in [0.25, 0.3) is 0 Å². The van der Waals surface area contributed by atoms with Crippen LogP contribution >= 0.6 is 46.7 Å². The van der Waals surface area contributed by atoms with Crippen LogP contribution in [0.2, 0.25) is 10.0 Å². The van der Waals surface area contributed by atoms with Crippen molar-refractivity contribution in [1.82, 2.24) is 0 Å². The minimum Gasteiger partial charge on any atom is -0.281 e. The molecule has 0 bridgehead atoms. The molecule has 0 saturated carbocycles. The van der Waals surface area contributed by atoms with Crippen molar-refractivity contribution in [3.63, 3.8) is 0 Å². The SMILES string of the molecule is N#CSCSC(=O)c1ccc(Cl)cc1Cl. The van der Waals surface area contributed by atoms with E-state index in [1.165, 1.54) is 6.07 Å². The number of carbonyl (C=O) groups excluding carboxylic acids is 1. The second kappa shape index (κ2) is 6.29. The average molecular weight is 278 g/mol. The van der Waals surface area contributed by atoms with E-state index in [1.54, 1.807) is 12.1 Å². The molecule has 0 atom stereocenters. The van der Waals surface area contributed by atoms with E-state index in [2.05, 4.69) is 0 Å². The summed E-state index contributed by atoms with van der Waals surface area (Å²) in [5.41, 5.74) is 0.421. The number of nitriles is 1. The molecule has 0 aliphatic heterocycles. The smallest absolute Gasteiger partial charge is 0.221 e. The van der Waals surface area contributed by atoms with Gasteiger partial charge in [-0.1, -0.05) is 35.0 Å². The van der Waals surface area contributed by atoms with Crippen LogP contribution in [0.4, 0.5) is 0 Å². The third kappa shape index (κ3) is 3.96.